The fourth-order valence-corrected chi connectivity index (χ4v) is 7.28. The van der Waals surface area contributed by atoms with Crippen LogP contribution in [0, 0.1) is 0 Å². The zero-order chi connectivity index (χ0) is 35.3. The van der Waals surface area contributed by atoms with Crippen molar-refractivity contribution in [2.75, 3.05) is 20.1 Å². The van der Waals surface area contributed by atoms with Gasteiger partial charge >= 0.3 is 0 Å². The molecule has 0 bridgehead atoms. The topological polar surface area (TPSA) is 62.2 Å². The average Bonchev–Trinajstić information content (AvgIpc) is 3.40. The zero-order valence-electron chi connectivity index (χ0n) is 32.4. The first-order valence-corrected chi connectivity index (χ1v) is 21.0. The molecule has 5 heteroatoms. The van der Waals surface area contributed by atoms with Gasteiger partial charge in [-0.15, -0.1) is 0 Å². The van der Waals surface area contributed by atoms with Gasteiger partial charge in [0.2, 0.25) is 0 Å². The van der Waals surface area contributed by atoms with E-state index in [0.29, 0.717) is 13.1 Å². The summed E-state index contributed by atoms with van der Waals surface area (Å²) < 4.78 is 13.3. The van der Waals surface area contributed by atoms with E-state index in [9.17, 15) is 10.2 Å². The zero-order valence-corrected chi connectivity index (χ0v) is 32.4. The molecule has 284 valence electrons. The minimum absolute atomic E-state index is 0.189. The van der Waals surface area contributed by atoms with Crippen molar-refractivity contribution in [3.8, 4) is 0 Å². The van der Waals surface area contributed by atoms with Gasteiger partial charge in [-0.05, 0) is 84.1 Å². The maximum atomic E-state index is 10.9. The van der Waals surface area contributed by atoms with Crippen LogP contribution < -0.4 is 0 Å². The molecule has 2 saturated heterocycles. The summed E-state index contributed by atoms with van der Waals surface area (Å²) in [6.45, 7) is 5.65. The number of hydrogen-bond acceptors (Lipinski definition) is 5. The van der Waals surface area contributed by atoms with Crippen molar-refractivity contribution in [1.82, 2.24) is 4.90 Å². The third-order valence-electron chi connectivity index (χ3n) is 10.3. The Labute approximate surface area is 303 Å². The van der Waals surface area contributed by atoms with E-state index < -0.39 is 24.1 Å². The maximum absolute atomic E-state index is 10.9. The Hall–Kier alpha value is -1.24. The number of aliphatic hydroxyl groups excluding tert-OH is 2. The molecule has 2 aliphatic rings. The molecule has 2 aliphatic heterocycles. The summed E-state index contributed by atoms with van der Waals surface area (Å²) in [6.07, 6.45) is 47.7. The first kappa shape index (κ1) is 43.9. The summed E-state index contributed by atoms with van der Waals surface area (Å²) in [7, 11) is 1.99. The van der Waals surface area contributed by atoms with Gasteiger partial charge in [0, 0.05) is 25.9 Å². The van der Waals surface area contributed by atoms with Crippen molar-refractivity contribution in [2.45, 2.75) is 211 Å². The fourth-order valence-electron chi connectivity index (χ4n) is 7.28. The lowest BCUT2D eigenvalue weighted by Crippen LogP contribution is -2.43. The van der Waals surface area contributed by atoms with E-state index in [1.807, 2.05) is 7.05 Å². The van der Waals surface area contributed by atoms with Gasteiger partial charge < -0.3 is 24.6 Å². The van der Waals surface area contributed by atoms with Crippen LogP contribution in [0.2, 0.25) is 0 Å². The predicted molar refractivity (Wildman–Crippen MR) is 210 cm³/mol. The smallest absolute Gasteiger partial charge is 0.169 e. The minimum atomic E-state index is -0.899. The van der Waals surface area contributed by atoms with Gasteiger partial charge in [0.25, 0.3) is 0 Å². The van der Waals surface area contributed by atoms with E-state index in [-0.39, 0.29) is 6.10 Å². The summed E-state index contributed by atoms with van der Waals surface area (Å²) in [4.78, 5) is 2.07. The molecule has 0 aliphatic carbocycles. The molecule has 0 radical (unpaired) electrons. The molecule has 2 unspecified atom stereocenters. The van der Waals surface area contributed by atoms with Crippen molar-refractivity contribution >= 4 is 0 Å². The number of hydrogen-bond donors (Lipinski definition) is 2. The monoisotopic (exact) mass is 686 g/mol. The van der Waals surface area contributed by atoms with Crippen LogP contribution >= 0.6 is 0 Å². The number of likely N-dealkylation sites (N-methyl/N-ethyl adjacent to an activating group) is 1. The predicted octanol–water partition coefficient (Wildman–Crippen LogP) is 11.5. The number of unbranched alkanes of at least 4 members (excludes halogenated alkanes) is 18. The summed E-state index contributed by atoms with van der Waals surface area (Å²) in [6, 6.07) is 0. The molecule has 0 amide bonds. The second-order valence-corrected chi connectivity index (χ2v) is 15.1. The number of fused-ring (bicyclic) bond motifs is 1. The summed E-state index contributed by atoms with van der Waals surface area (Å²) >= 11 is 0. The highest BCUT2D eigenvalue weighted by Crippen LogP contribution is 2.40. The van der Waals surface area contributed by atoms with Crippen LogP contribution in [-0.2, 0) is 9.47 Å². The first-order valence-electron chi connectivity index (χ1n) is 21.0. The SMILES string of the molecule is CCCCCC=CCC=CCCCCCCCCC1(CCCCCCCCC=CCC=CCCCCC)O[C@@H]2CN(C)CC(O)C(O)[C@@H]2O1. The molecule has 0 aromatic rings. The van der Waals surface area contributed by atoms with Crippen molar-refractivity contribution in [1.29, 1.82) is 0 Å². The normalized spacial score (nSPS) is 25.1. The van der Waals surface area contributed by atoms with E-state index in [1.165, 1.54) is 128 Å². The van der Waals surface area contributed by atoms with Gasteiger partial charge in [-0.2, -0.15) is 0 Å². The third kappa shape index (κ3) is 21.0. The number of aliphatic hydroxyl groups is 2. The highest BCUT2D eigenvalue weighted by molar-refractivity contribution is 4.97. The Kier molecular flexibility index (Phi) is 26.3. The molecule has 0 spiro atoms. The molecule has 2 N–H and O–H groups in total. The number of likely N-dealkylation sites (tertiary alicyclic amines) is 1. The van der Waals surface area contributed by atoms with Crippen LogP contribution in [0.25, 0.3) is 0 Å². The van der Waals surface area contributed by atoms with Crippen molar-refractivity contribution in [2.24, 2.45) is 0 Å². The van der Waals surface area contributed by atoms with Crippen molar-refractivity contribution in [3.05, 3.63) is 48.6 Å². The van der Waals surface area contributed by atoms with Crippen LogP contribution in [0.5, 0.6) is 0 Å². The van der Waals surface area contributed by atoms with E-state index in [1.54, 1.807) is 0 Å². The van der Waals surface area contributed by atoms with Crippen molar-refractivity contribution < 1.29 is 19.7 Å². The molecule has 0 aromatic heterocycles. The molecule has 2 rings (SSSR count). The van der Waals surface area contributed by atoms with Crippen molar-refractivity contribution in [3.63, 3.8) is 0 Å². The quantitative estimate of drug-likeness (QED) is 0.0582. The fraction of sp³-hybridized carbons (Fsp3) is 0.818. The van der Waals surface area contributed by atoms with E-state index in [2.05, 4.69) is 67.4 Å². The molecule has 2 heterocycles. The Morgan fingerprint density at radius 2 is 0.939 bits per heavy atom. The van der Waals surface area contributed by atoms with E-state index >= 15 is 0 Å². The molecule has 4 atom stereocenters. The lowest BCUT2D eigenvalue weighted by molar-refractivity contribution is -0.201. The minimum Gasteiger partial charge on any atom is -0.389 e. The molecule has 2 fully saturated rings. The van der Waals surface area contributed by atoms with Crippen LogP contribution in [0.15, 0.2) is 48.6 Å². The number of rotatable bonds is 30. The second kappa shape index (κ2) is 29.3. The Balaban J connectivity index is 1.64. The highest BCUT2D eigenvalue weighted by atomic mass is 16.8. The van der Waals surface area contributed by atoms with E-state index in [0.717, 1.165) is 38.5 Å². The third-order valence-corrected chi connectivity index (χ3v) is 10.3. The van der Waals surface area contributed by atoms with E-state index in [4.69, 9.17) is 9.47 Å². The number of allylic oxidation sites excluding steroid dienone is 8. The van der Waals surface area contributed by atoms with Gasteiger partial charge in [0.15, 0.2) is 5.79 Å². The van der Waals surface area contributed by atoms with Crippen LogP contribution in [0.4, 0.5) is 0 Å². The maximum Gasteiger partial charge on any atom is 0.169 e. The number of β-amino-alcohol motifs (C(OH)–C–C–N with tert-alkyl or cyclic N) is 1. The standard InChI is InChI=1S/C44H79NO4/c1-4-6-8-10-12-14-16-18-20-22-24-26-28-30-32-34-36-44(48-41-39-45(3)38-40(46)42(47)43(41)49-44)37-35-33-31-29-27-25-23-21-19-17-15-13-11-9-7-5-2/h12-15,18-21,40-43,46-47H,4-11,16-17,22-39H2,1-3H3/t40?,41-,42?,43-,44?/m1/s1. The lowest BCUT2D eigenvalue weighted by atomic mass is 9.98. The average molecular weight is 686 g/mol. The molecule has 49 heavy (non-hydrogen) atoms. The molecule has 0 aromatic carbocycles. The molecular weight excluding hydrogens is 606 g/mol. The number of nitrogens with zero attached hydrogens (tertiary/aromatic N) is 1. The highest BCUT2D eigenvalue weighted by Gasteiger charge is 2.52. The van der Waals surface area contributed by atoms with Gasteiger partial charge in [-0.3, -0.25) is 0 Å². The summed E-state index contributed by atoms with van der Waals surface area (Å²) in [5.41, 5.74) is 0. The van der Waals surface area contributed by atoms with Gasteiger partial charge in [-0.25, -0.2) is 0 Å². The first-order chi connectivity index (χ1) is 24.0. The Morgan fingerprint density at radius 3 is 1.39 bits per heavy atom. The largest absolute Gasteiger partial charge is 0.389 e. The molecular formula is C44H79NO4. The Morgan fingerprint density at radius 1 is 0.531 bits per heavy atom. The summed E-state index contributed by atoms with van der Waals surface area (Å²) in [5.74, 6) is -0.626. The number of ether oxygens (including phenoxy) is 2. The Bertz CT molecular complexity index is 834. The van der Waals surface area contributed by atoms with Crippen LogP contribution in [0.3, 0.4) is 0 Å². The molecule has 0 saturated carbocycles. The van der Waals surface area contributed by atoms with Gasteiger partial charge in [-0.1, -0.05) is 140 Å². The van der Waals surface area contributed by atoms with Crippen LogP contribution in [0.1, 0.15) is 181 Å². The van der Waals surface area contributed by atoms with Gasteiger partial charge in [0.1, 0.15) is 18.3 Å². The summed E-state index contributed by atoms with van der Waals surface area (Å²) in [5, 5.41) is 21.5. The lowest BCUT2D eigenvalue weighted by Gasteiger charge is -2.31. The van der Waals surface area contributed by atoms with Gasteiger partial charge in [0.05, 0.1) is 6.10 Å². The second-order valence-electron chi connectivity index (χ2n) is 15.1. The molecule has 5 nitrogen and oxygen atoms in total. The van der Waals surface area contributed by atoms with Crippen LogP contribution in [-0.4, -0.2) is 65.5 Å².